The lowest BCUT2D eigenvalue weighted by molar-refractivity contribution is -0.118. The van der Waals surface area contributed by atoms with Crippen molar-refractivity contribution in [2.45, 2.75) is 13.0 Å². The second-order valence-corrected chi connectivity index (χ2v) is 4.24. The van der Waals surface area contributed by atoms with Gasteiger partial charge in [0.1, 0.15) is 11.8 Å². The van der Waals surface area contributed by atoms with Gasteiger partial charge in [-0.3, -0.25) is 4.79 Å². The molecule has 2 aliphatic rings. The van der Waals surface area contributed by atoms with Crippen LogP contribution in [-0.2, 0) is 9.53 Å². The van der Waals surface area contributed by atoms with Crippen molar-refractivity contribution >= 4 is 17.5 Å². The van der Waals surface area contributed by atoms with Gasteiger partial charge in [-0.15, -0.1) is 0 Å². The zero-order valence-electron chi connectivity index (χ0n) is 10.6. The van der Waals surface area contributed by atoms with Crippen molar-refractivity contribution < 1.29 is 9.53 Å². The second kappa shape index (κ2) is 5.84. The van der Waals surface area contributed by atoms with Gasteiger partial charge in [0.25, 0.3) is 5.91 Å². The zero-order valence-corrected chi connectivity index (χ0v) is 10.6. The van der Waals surface area contributed by atoms with E-state index in [1.165, 1.54) is 0 Å². The number of hydrogen-bond donors (Lipinski definition) is 1. The molecule has 0 saturated carbocycles. The van der Waals surface area contributed by atoms with Gasteiger partial charge in [0, 0.05) is 13.7 Å². The van der Waals surface area contributed by atoms with E-state index in [1.54, 1.807) is 7.11 Å². The molecule has 2 atom stereocenters. The van der Waals surface area contributed by atoms with Crippen molar-refractivity contribution in [2.24, 2.45) is 15.9 Å². The third-order valence-corrected chi connectivity index (χ3v) is 2.88. The first-order valence-electron chi connectivity index (χ1n) is 6.00. The summed E-state index contributed by atoms with van der Waals surface area (Å²) in [5.41, 5.74) is 0.771. The number of nitrogens with zero attached hydrogens (tertiary/aromatic N) is 2. The molecule has 0 aromatic rings. The minimum atomic E-state index is -0.301. The highest BCUT2D eigenvalue weighted by molar-refractivity contribution is 6.22. The van der Waals surface area contributed by atoms with Crippen LogP contribution in [0.25, 0.3) is 0 Å². The zero-order chi connectivity index (χ0) is 13.0. The number of aliphatic imine (C=N–C) groups is 2. The number of amidine groups is 1. The topological polar surface area (TPSA) is 63.0 Å². The molecule has 0 bridgehead atoms. The van der Waals surface area contributed by atoms with Crippen LogP contribution in [0.3, 0.4) is 0 Å². The number of carbonyl (C=O) groups excluding carboxylic acids is 1. The van der Waals surface area contributed by atoms with Crippen LogP contribution in [-0.4, -0.2) is 43.8 Å². The summed E-state index contributed by atoms with van der Waals surface area (Å²) in [6, 6.07) is -0.0585. The number of ether oxygens (including phenoxy) is 1. The summed E-state index contributed by atoms with van der Waals surface area (Å²) in [6.45, 7) is 3.26. The lowest BCUT2D eigenvalue weighted by Crippen LogP contribution is -2.39. The monoisotopic (exact) mass is 247 g/mol. The molecule has 0 aromatic heterocycles. The summed E-state index contributed by atoms with van der Waals surface area (Å²) in [5.74, 6) is 0.100. The average molecular weight is 247 g/mol. The van der Waals surface area contributed by atoms with Crippen molar-refractivity contribution in [2.75, 3.05) is 20.3 Å². The van der Waals surface area contributed by atoms with Crippen LogP contribution >= 0.6 is 0 Å². The maximum atomic E-state index is 11.9. The molecule has 2 unspecified atom stereocenters. The number of amides is 1. The molecule has 96 valence electrons. The van der Waals surface area contributed by atoms with E-state index in [9.17, 15) is 4.79 Å². The van der Waals surface area contributed by atoms with E-state index in [0.717, 1.165) is 5.71 Å². The molecule has 1 aliphatic heterocycles. The van der Waals surface area contributed by atoms with Gasteiger partial charge in [0.05, 0.1) is 18.4 Å². The number of rotatable bonds is 5. The largest absolute Gasteiger partial charge is 0.383 e. The number of carbonyl (C=O) groups is 1. The maximum Gasteiger partial charge on any atom is 0.260 e. The molecule has 18 heavy (non-hydrogen) atoms. The Kier molecular flexibility index (Phi) is 4.17. The molecule has 2 rings (SSSR count). The lowest BCUT2D eigenvalue weighted by Gasteiger charge is -2.21. The number of nitrogens with one attached hydrogen (secondary N) is 1. The van der Waals surface area contributed by atoms with Gasteiger partial charge in [-0.1, -0.05) is 18.2 Å². The molecule has 1 N–H and O–H groups in total. The summed E-state index contributed by atoms with van der Waals surface area (Å²) in [5, 5.41) is 3.21. The molecule has 0 saturated heterocycles. The third-order valence-electron chi connectivity index (χ3n) is 2.88. The molecule has 0 spiro atoms. The molecular formula is C13H17N3O2. The predicted octanol–water partition coefficient (Wildman–Crippen LogP) is 0.733. The fourth-order valence-electron chi connectivity index (χ4n) is 1.85. The van der Waals surface area contributed by atoms with Crippen molar-refractivity contribution in [3.8, 4) is 0 Å². The molecule has 0 aromatic carbocycles. The minimum Gasteiger partial charge on any atom is -0.383 e. The minimum absolute atomic E-state index is 0.0585. The van der Waals surface area contributed by atoms with Crippen molar-refractivity contribution in [1.82, 2.24) is 5.32 Å². The van der Waals surface area contributed by atoms with Crippen LogP contribution in [0.4, 0.5) is 0 Å². The molecule has 1 amide bonds. The normalized spacial score (nSPS) is 23.4. The van der Waals surface area contributed by atoms with Crippen LogP contribution in [0.15, 0.2) is 34.3 Å². The quantitative estimate of drug-likeness (QED) is 0.729. The standard InChI is InChI=1S/C13H17N3O2/c1-9(14-7-8-18-2)12-15-11-6-4-3-5-10(11)13(17)16-12/h3-6,9-10,14H,7-8H2,1-2H3. The highest BCUT2D eigenvalue weighted by Gasteiger charge is 2.27. The third kappa shape index (κ3) is 2.80. The fourth-order valence-corrected chi connectivity index (χ4v) is 1.85. The Bertz CT molecular complexity index is 449. The number of fused-ring (bicyclic) bond motifs is 1. The van der Waals surface area contributed by atoms with E-state index in [0.29, 0.717) is 19.0 Å². The second-order valence-electron chi connectivity index (χ2n) is 4.24. The highest BCUT2D eigenvalue weighted by Crippen LogP contribution is 2.16. The predicted molar refractivity (Wildman–Crippen MR) is 71.0 cm³/mol. The Morgan fingerprint density at radius 3 is 3.06 bits per heavy atom. The van der Waals surface area contributed by atoms with Gasteiger partial charge < -0.3 is 10.1 Å². The van der Waals surface area contributed by atoms with Crippen molar-refractivity contribution in [3.63, 3.8) is 0 Å². The van der Waals surface area contributed by atoms with Crippen molar-refractivity contribution in [3.05, 3.63) is 24.3 Å². The fraction of sp³-hybridized carbons (Fsp3) is 0.462. The Morgan fingerprint density at radius 1 is 1.44 bits per heavy atom. The van der Waals surface area contributed by atoms with Crippen LogP contribution in [0.5, 0.6) is 0 Å². The molecule has 1 heterocycles. The first kappa shape index (κ1) is 12.9. The van der Waals surface area contributed by atoms with Gasteiger partial charge in [-0.05, 0) is 13.0 Å². The summed E-state index contributed by atoms with van der Waals surface area (Å²) >= 11 is 0. The molecule has 1 aliphatic carbocycles. The van der Waals surface area contributed by atoms with Crippen molar-refractivity contribution in [1.29, 1.82) is 0 Å². The van der Waals surface area contributed by atoms with E-state index in [1.807, 2.05) is 31.2 Å². The molecule has 5 heteroatoms. The van der Waals surface area contributed by atoms with E-state index < -0.39 is 0 Å². The van der Waals surface area contributed by atoms with Gasteiger partial charge in [-0.25, -0.2) is 4.99 Å². The van der Waals surface area contributed by atoms with Gasteiger partial charge in [-0.2, -0.15) is 4.99 Å². The van der Waals surface area contributed by atoms with Gasteiger partial charge in [0.15, 0.2) is 0 Å². The van der Waals surface area contributed by atoms with Crippen LogP contribution < -0.4 is 5.32 Å². The molecule has 5 nitrogen and oxygen atoms in total. The van der Waals surface area contributed by atoms with E-state index in [4.69, 9.17) is 4.74 Å². The molecule has 0 fully saturated rings. The Labute approximate surface area is 106 Å². The lowest BCUT2D eigenvalue weighted by atomic mass is 9.96. The summed E-state index contributed by atoms with van der Waals surface area (Å²) in [6.07, 6.45) is 7.42. The van der Waals surface area contributed by atoms with E-state index in [2.05, 4.69) is 15.3 Å². The Balaban J connectivity index is 2.06. The Morgan fingerprint density at radius 2 is 2.28 bits per heavy atom. The number of allylic oxidation sites excluding steroid dienone is 3. The van der Waals surface area contributed by atoms with Gasteiger partial charge in [0.2, 0.25) is 0 Å². The molecule has 0 radical (unpaired) electrons. The number of hydrogen-bond acceptors (Lipinski definition) is 4. The maximum absolute atomic E-state index is 11.9. The average Bonchev–Trinajstić information content (AvgIpc) is 2.39. The smallest absolute Gasteiger partial charge is 0.260 e. The van der Waals surface area contributed by atoms with Gasteiger partial charge >= 0.3 is 0 Å². The Hall–Kier alpha value is -1.59. The van der Waals surface area contributed by atoms with Crippen LogP contribution in [0.1, 0.15) is 6.92 Å². The first-order valence-corrected chi connectivity index (χ1v) is 6.00. The summed E-state index contributed by atoms with van der Waals surface area (Å²) in [4.78, 5) is 20.4. The molecular weight excluding hydrogens is 230 g/mol. The van der Waals surface area contributed by atoms with Crippen LogP contribution in [0.2, 0.25) is 0 Å². The van der Waals surface area contributed by atoms with Crippen LogP contribution in [0, 0.1) is 5.92 Å². The highest BCUT2D eigenvalue weighted by atomic mass is 16.5. The van der Waals surface area contributed by atoms with E-state index >= 15 is 0 Å². The summed E-state index contributed by atoms with van der Waals surface area (Å²) in [7, 11) is 1.65. The SMILES string of the molecule is COCCNC(C)C1=NC(=O)C2C=CC=CC2=N1. The summed E-state index contributed by atoms with van der Waals surface area (Å²) < 4.78 is 4.96. The van der Waals surface area contributed by atoms with E-state index in [-0.39, 0.29) is 17.9 Å². The first-order chi connectivity index (χ1) is 8.72. The number of methoxy groups -OCH3 is 1.